The molecule has 0 atom stereocenters. The molecular formula is C28H22ClN3O2S2. The van der Waals surface area contributed by atoms with Crippen molar-refractivity contribution in [2.45, 2.75) is 18.2 Å². The maximum atomic E-state index is 12.6. The van der Waals surface area contributed by atoms with Gasteiger partial charge >= 0.3 is 0 Å². The van der Waals surface area contributed by atoms with E-state index in [1.807, 2.05) is 66.9 Å². The van der Waals surface area contributed by atoms with Gasteiger partial charge in [-0.05, 0) is 48.4 Å². The van der Waals surface area contributed by atoms with Crippen LogP contribution in [-0.4, -0.2) is 17.6 Å². The molecule has 0 spiro atoms. The van der Waals surface area contributed by atoms with E-state index in [1.165, 1.54) is 23.1 Å². The predicted octanol–water partition coefficient (Wildman–Crippen LogP) is 7.16. The first-order valence-electron chi connectivity index (χ1n) is 11.1. The fourth-order valence-corrected chi connectivity index (χ4v) is 5.29. The van der Waals surface area contributed by atoms with Gasteiger partial charge in [0.25, 0.3) is 0 Å². The minimum absolute atomic E-state index is 0.136. The Morgan fingerprint density at radius 2 is 1.75 bits per heavy atom. The van der Waals surface area contributed by atoms with Crippen LogP contribution in [0.15, 0.2) is 83.1 Å². The fraction of sp³-hybridized carbons (Fsp3) is 0.107. The molecule has 3 aromatic carbocycles. The van der Waals surface area contributed by atoms with Crippen LogP contribution in [0.25, 0.3) is 11.1 Å². The van der Waals surface area contributed by atoms with Crippen LogP contribution in [0.5, 0.6) is 0 Å². The van der Waals surface area contributed by atoms with E-state index in [1.54, 1.807) is 18.2 Å². The van der Waals surface area contributed by atoms with Crippen molar-refractivity contribution in [1.82, 2.24) is 0 Å². The molecule has 0 saturated heterocycles. The number of thioether (sulfide) groups is 1. The lowest BCUT2D eigenvalue weighted by atomic mass is 10.0. The number of amides is 2. The molecule has 36 heavy (non-hydrogen) atoms. The second kappa shape index (κ2) is 11.9. The summed E-state index contributed by atoms with van der Waals surface area (Å²) in [6, 6.07) is 24.7. The number of anilines is 2. The van der Waals surface area contributed by atoms with E-state index in [0.717, 1.165) is 27.1 Å². The highest BCUT2D eigenvalue weighted by Crippen LogP contribution is 2.35. The second-order valence-corrected chi connectivity index (χ2v) is 10.4. The summed E-state index contributed by atoms with van der Waals surface area (Å²) in [7, 11) is 0. The molecule has 2 N–H and O–H groups in total. The smallest absolute Gasteiger partial charge is 0.235 e. The Balaban J connectivity index is 1.33. The molecule has 0 unspecified atom stereocenters. The van der Waals surface area contributed by atoms with Crippen LogP contribution in [0.3, 0.4) is 0 Å². The maximum absolute atomic E-state index is 12.6. The lowest BCUT2D eigenvalue weighted by molar-refractivity contribution is -0.115. The summed E-state index contributed by atoms with van der Waals surface area (Å²) in [4.78, 5) is 25.9. The standard InChI is InChI=1S/C28H22ClN3O2S2/c1-18-5-9-20(10-6-18)25-16-36-28(24(25)15-30)32-27(34)17-35-23-4-2-3-22(14-23)31-26(33)13-19-7-11-21(29)12-8-19/h2-12,14,16H,13,17H2,1H3,(H,31,33)(H,32,34). The van der Waals surface area contributed by atoms with Gasteiger partial charge in [0, 0.05) is 26.5 Å². The van der Waals surface area contributed by atoms with E-state index in [-0.39, 0.29) is 24.0 Å². The highest BCUT2D eigenvalue weighted by Gasteiger charge is 2.15. The third-order valence-electron chi connectivity index (χ3n) is 5.28. The topological polar surface area (TPSA) is 82.0 Å². The Hall–Kier alpha value is -3.57. The van der Waals surface area contributed by atoms with E-state index in [4.69, 9.17) is 11.6 Å². The Morgan fingerprint density at radius 1 is 1.00 bits per heavy atom. The Bertz CT molecular complexity index is 1420. The zero-order valence-electron chi connectivity index (χ0n) is 19.4. The van der Waals surface area contributed by atoms with Gasteiger partial charge in [0.05, 0.1) is 17.7 Å². The molecule has 1 aromatic heterocycles. The third-order valence-corrected chi connectivity index (χ3v) is 7.43. The van der Waals surface area contributed by atoms with Gasteiger partial charge in [0.15, 0.2) is 0 Å². The molecule has 0 aliphatic carbocycles. The molecule has 0 aliphatic heterocycles. The molecule has 0 fully saturated rings. The van der Waals surface area contributed by atoms with Crippen molar-refractivity contribution in [3.63, 3.8) is 0 Å². The van der Waals surface area contributed by atoms with Crippen molar-refractivity contribution < 1.29 is 9.59 Å². The van der Waals surface area contributed by atoms with Gasteiger partial charge in [0.1, 0.15) is 11.1 Å². The van der Waals surface area contributed by atoms with Crippen LogP contribution in [0.1, 0.15) is 16.7 Å². The molecule has 180 valence electrons. The van der Waals surface area contributed by atoms with Gasteiger partial charge in [0.2, 0.25) is 11.8 Å². The minimum Gasteiger partial charge on any atom is -0.326 e. The molecular weight excluding hydrogens is 510 g/mol. The van der Waals surface area contributed by atoms with Crippen molar-refractivity contribution in [3.05, 3.63) is 99.9 Å². The number of nitrogens with one attached hydrogen (secondary N) is 2. The molecule has 4 rings (SSSR count). The number of nitrogens with zero attached hydrogens (tertiary/aromatic N) is 1. The van der Waals surface area contributed by atoms with Crippen molar-refractivity contribution in [3.8, 4) is 17.2 Å². The highest BCUT2D eigenvalue weighted by molar-refractivity contribution is 8.00. The van der Waals surface area contributed by atoms with Crippen LogP contribution in [0.2, 0.25) is 5.02 Å². The highest BCUT2D eigenvalue weighted by atomic mass is 35.5. The summed E-state index contributed by atoms with van der Waals surface area (Å²) in [5.41, 5.74) is 4.89. The third kappa shape index (κ3) is 6.76. The molecule has 2 amide bonds. The zero-order chi connectivity index (χ0) is 25.5. The minimum atomic E-state index is -0.203. The maximum Gasteiger partial charge on any atom is 0.235 e. The number of rotatable bonds is 8. The van der Waals surface area contributed by atoms with E-state index >= 15 is 0 Å². The van der Waals surface area contributed by atoms with Crippen LogP contribution >= 0.6 is 34.7 Å². The quantitative estimate of drug-likeness (QED) is 0.236. The number of aryl methyl sites for hydroxylation is 1. The van der Waals surface area contributed by atoms with Crippen molar-refractivity contribution in [1.29, 1.82) is 5.26 Å². The molecule has 0 aliphatic rings. The molecule has 0 saturated carbocycles. The summed E-state index contributed by atoms with van der Waals surface area (Å²) in [6.07, 6.45) is 0.240. The summed E-state index contributed by atoms with van der Waals surface area (Å²) >= 11 is 8.59. The number of halogens is 1. The van der Waals surface area contributed by atoms with E-state index < -0.39 is 0 Å². The Morgan fingerprint density at radius 3 is 2.47 bits per heavy atom. The lowest BCUT2D eigenvalue weighted by Gasteiger charge is -2.08. The summed E-state index contributed by atoms with van der Waals surface area (Å²) in [6.45, 7) is 2.01. The average Bonchev–Trinajstić information content (AvgIpc) is 3.27. The normalized spacial score (nSPS) is 10.5. The number of carbonyl (C=O) groups excluding carboxylic acids is 2. The van der Waals surface area contributed by atoms with Crippen molar-refractivity contribution in [2.75, 3.05) is 16.4 Å². The summed E-state index contributed by atoms with van der Waals surface area (Å²) < 4.78 is 0. The monoisotopic (exact) mass is 531 g/mol. The molecule has 8 heteroatoms. The first-order valence-corrected chi connectivity index (χ1v) is 13.3. The van der Waals surface area contributed by atoms with Crippen LogP contribution in [-0.2, 0) is 16.0 Å². The van der Waals surface area contributed by atoms with Gasteiger partial charge in [-0.1, -0.05) is 59.6 Å². The van der Waals surface area contributed by atoms with Crippen LogP contribution in [0, 0.1) is 18.3 Å². The first kappa shape index (κ1) is 25.5. The zero-order valence-corrected chi connectivity index (χ0v) is 21.8. The van der Waals surface area contributed by atoms with Crippen LogP contribution in [0.4, 0.5) is 10.7 Å². The Kier molecular flexibility index (Phi) is 8.44. The molecule has 0 bridgehead atoms. The number of nitriles is 1. The predicted molar refractivity (Wildman–Crippen MR) is 149 cm³/mol. The number of hydrogen-bond donors (Lipinski definition) is 2. The fourth-order valence-electron chi connectivity index (χ4n) is 3.47. The number of carbonyl (C=O) groups is 2. The molecule has 0 radical (unpaired) electrons. The van der Waals surface area contributed by atoms with Gasteiger partial charge in [-0.25, -0.2) is 0 Å². The number of hydrogen-bond acceptors (Lipinski definition) is 5. The summed E-state index contributed by atoms with van der Waals surface area (Å²) in [5.74, 6) is -0.167. The first-order chi connectivity index (χ1) is 17.4. The van der Waals surface area contributed by atoms with Gasteiger partial charge in [-0.2, -0.15) is 5.26 Å². The van der Waals surface area contributed by atoms with Crippen molar-refractivity contribution >= 4 is 57.2 Å². The van der Waals surface area contributed by atoms with Gasteiger partial charge < -0.3 is 10.6 Å². The molecule has 5 nitrogen and oxygen atoms in total. The molecule has 4 aromatic rings. The SMILES string of the molecule is Cc1ccc(-c2csc(NC(=O)CSc3cccc(NC(=O)Cc4ccc(Cl)cc4)c3)c2C#N)cc1. The largest absolute Gasteiger partial charge is 0.326 e. The number of benzene rings is 3. The van der Waals surface area contributed by atoms with Gasteiger partial charge in [-0.3, -0.25) is 9.59 Å². The average molecular weight is 532 g/mol. The van der Waals surface area contributed by atoms with Crippen molar-refractivity contribution in [2.24, 2.45) is 0 Å². The van der Waals surface area contributed by atoms with E-state index in [0.29, 0.717) is 21.3 Å². The van der Waals surface area contributed by atoms with Gasteiger partial charge in [-0.15, -0.1) is 23.1 Å². The molecule has 1 heterocycles. The lowest BCUT2D eigenvalue weighted by Crippen LogP contribution is -2.15. The summed E-state index contributed by atoms with van der Waals surface area (Å²) in [5, 5.41) is 18.5. The number of thiophene rings is 1. The second-order valence-electron chi connectivity index (χ2n) is 8.05. The Labute approximate surface area is 223 Å². The van der Waals surface area contributed by atoms with E-state index in [9.17, 15) is 14.9 Å². The van der Waals surface area contributed by atoms with E-state index in [2.05, 4.69) is 16.7 Å². The van der Waals surface area contributed by atoms with Crippen LogP contribution < -0.4 is 10.6 Å².